The fraction of sp³-hybridized carbons (Fsp3) is 0.174. The number of hydrogen-bond donors (Lipinski definition) is 0. The lowest BCUT2D eigenvalue weighted by Crippen LogP contribution is -2.11. The number of aryl methyl sites for hydroxylation is 1. The number of hydrogen-bond acceptors (Lipinski definition) is 7. The van der Waals surface area contributed by atoms with Crippen LogP contribution in [0.5, 0.6) is 5.75 Å². The Bertz CT molecular complexity index is 1440. The first-order valence-corrected chi connectivity index (χ1v) is 9.82. The summed E-state index contributed by atoms with van der Waals surface area (Å²) in [5, 5.41) is 9.40. The predicted molar refractivity (Wildman–Crippen MR) is 114 cm³/mol. The molecule has 0 spiro atoms. The minimum absolute atomic E-state index is 0.0125. The van der Waals surface area contributed by atoms with Crippen molar-refractivity contribution in [1.82, 2.24) is 19.5 Å². The molecule has 0 amide bonds. The highest BCUT2D eigenvalue weighted by Crippen LogP contribution is 2.39. The summed E-state index contributed by atoms with van der Waals surface area (Å²) in [6.07, 6.45) is -3.22. The van der Waals surface area contributed by atoms with E-state index in [1.165, 1.54) is 43.8 Å². The van der Waals surface area contributed by atoms with Gasteiger partial charge in [0, 0.05) is 12.6 Å². The number of carbonyl (C=O) groups is 1. The largest absolute Gasteiger partial charge is 0.487 e. The monoisotopic (exact) mass is 467 g/mol. The lowest BCUT2D eigenvalue weighted by Gasteiger charge is -2.15. The average Bonchev–Trinajstić information content (AvgIpc) is 3.21. The van der Waals surface area contributed by atoms with E-state index in [0.29, 0.717) is 11.0 Å². The Morgan fingerprint density at radius 1 is 1.18 bits per heavy atom. The van der Waals surface area contributed by atoms with E-state index < -0.39 is 23.5 Å². The van der Waals surface area contributed by atoms with Crippen LogP contribution in [0.3, 0.4) is 0 Å². The molecule has 0 radical (unpaired) electrons. The number of nitrogens with zero attached hydrogens (tertiary/aromatic N) is 5. The second kappa shape index (κ2) is 8.82. The number of imidazole rings is 1. The Morgan fingerprint density at radius 2 is 1.97 bits per heavy atom. The van der Waals surface area contributed by atoms with Gasteiger partial charge in [0.15, 0.2) is 5.69 Å². The van der Waals surface area contributed by atoms with Crippen molar-refractivity contribution in [2.24, 2.45) is 7.05 Å². The number of benzene rings is 1. The van der Waals surface area contributed by atoms with Crippen LogP contribution in [0.2, 0.25) is 0 Å². The molecule has 1 aromatic carbocycles. The number of aromatic nitrogens is 4. The second-order valence-corrected chi connectivity index (χ2v) is 7.19. The summed E-state index contributed by atoms with van der Waals surface area (Å²) in [7, 11) is 2.91. The molecule has 0 aliphatic rings. The van der Waals surface area contributed by atoms with Gasteiger partial charge in [0.25, 0.3) is 0 Å². The number of rotatable bonds is 5. The molecule has 4 rings (SSSR count). The van der Waals surface area contributed by atoms with Crippen LogP contribution in [0.4, 0.5) is 13.2 Å². The average molecular weight is 467 g/mol. The van der Waals surface area contributed by atoms with Crippen LogP contribution in [0.25, 0.3) is 22.3 Å². The van der Waals surface area contributed by atoms with Gasteiger partial charge in [0.05, 0.1) is 35.9 Å². The lowest BCUT2D eigenvalue weighted by atomic mass is 10.1. The smallest absolute Gasteiger partial charge is 0.419 e. The van der Waals surface area contributed by atoms with E-state index in [1.807, 2.05) is 6.07 Å². The highest BCUT2D eigenvalue weighted by atomic mass is 19.4. The number of halogens is 3. The minimum atomic E-state index is -4.72. The van der Waals surface area contributed by atoms with Gasteiger partial charge in [-0.15, -0.1) is 0 Å². The third-order valence-corrected chi connectivity index (χ3v) is 4.98. The molecule has 0 saturated carbocycles. The van der Waals surface area contributed by atoms with Crippen molar-refractivity contribution in [2.45, 2.75) is 12.8 Å². The molecule has 0 bridgehead atoms. The molecule has 0 aliphatic carbocycles. The van der Waals surface area contributed by atoms with Gasteiger partial charge in [0.2, 0.25) is 0 Å². The van der Waals surface area contributed by atoms with Crippen LogP contribution in [0, 0.1) is 11.3 Å². The zero-order valence-electron chi connectivity index (χ0n) is 17.9. The van der Waals surface area contributed by atoms with E-state index in [9.17, 15) is 23.2 Å². The highest BCUT2D eigenvalue weighted by molar-refractivity contribution is 5.87. The van der Waals surface area contributed by atoms with Crippen molar-refractivity contribution in [3.63, 3.8) is 0 Å². The molecule has 3 heterocycles. The summed E-state index contributed by atoms with van der Waals surface area (Å²) in [4.78, 5) is 24.0. The Hall–Kier alpha value is -4.46. The van der Waals surface area contributed by atoms with Crippen molar-refractivity contribution in [3.8, 4) is 23.1 Å². The van der Waals surface area contributed by atoms with E-state index in [4.69, 9.17) is 4.74 Å². The number of carbonyl (C=O) groups excluding carboxylic acids is 1. The molecule has 3 aromatic heterocycles. The summed E-state index contributed by atoms with van der Waals surface area (Å²) in [5.74, 6) is -1.08. The molecule has 0 N–H and O–H groups in total. The van der Waals surface area contributed by atoms with Gasteiger partial charge >= 0.3 is 12.1 Å². The second-order valence-electron chi connectivity index (χ2n) is 7.19. The molecule has 4 aromatic rings. The molecule has 0 unspecified atom stereocenters. The van der Waals surface area contributed by atoms with Crippen molar-refractivity contribution in [1.29, 1.82) is 5.26 Å². The Kier molecular flexibility index (Phi) is 5.89. The van der Waals surface area contributed by atoms with E-state index in [-0.39, 0.29) is 34.9 Å². The van der Waals surface area contributed by atoms with E-state index in [1.54, 1.807) is 17.7 Å². The number of pyridine rings is 2. The zero-order chi connectivity index (χ0) is 24.5. The summed E-state index contributed by atoms with van der Waals surface area (Å²) in [5.41, 5.74) is 0.542. The van der Waals surface area contributed by atoms with Crippen LogP contribution in [-0.2, 0) is 24.6 Å². The van der Waals surface area contributed by atoms with Gasteiger partial charge in [-0.05, 0) is 36.4 Å². The number of alkyl halides is 3. The first-order valence-electron chi connectivity index (χ1n) is 9.82. The number of esters is 1. The maximum Gasteiger partial charge on any atom is 0.419 e. The van der Waals surface area contributed by atoms with Gasteiger partial charge in [-0.25, -0.2) is 19.7 Å². The van der Waals surface area contributed by atoms with Crippen molar-refractivity contribution in [2.75, 3.05) is 7.11 Å². The van der Waals surface area contributed by atoms with Crippen LogP contribution in [-0.4, -0.2) is 32.6 Å². The summed E-state index contributed by atoms with van der Waals surface area (Å²) in [6, 6.07) is 11.5. The maximum absolute atomic E-state index is 13.9. The molecule has 8 nitrogen and oxygen atoms in total. The number of nitriles is 1. The lowest BCUT2D eigenvalue weighted by molar-refractivity contribution is -0.139. The topological polar surface area (TPSA) is 103 Å². The first-order chi connectivity index (χ1) is 16.2. The highest BCUT2D eigenvalue weighted by Gasteiger charge is 2.35. The third kappa shape index (κ3) is 4.38. The van der Waals surface area contributed by atoms with Crippen LogP contribution in [0.1, 0.15) is 27.4 Å². The molecule has 11 heteroatoms. The van der Waals surface area contributed by atoms with E-state index in [0.717, 1.165) is 6.07 Å². The third-order valence-electron chi connectivity index (χ3n) is 4.98. The summed E-state index contributed by atoms with van der Waals surface area (Å²) >= 11 is 0. The van der Waals surface area contributed by atoms with Gasteiger partial charge in [-0.3, -0.25) is 0 Å². The van der Waals surface area contributed by atoms with Crippen LogP contribution < -0.4 is 4.74 Å². The van der Waals surface area contributed by atoms with Crippen molar-refractivity contribution < 1.29 is 27.4 Å². The van der Waals surface area contributed by atoms with E-state index in [2.05, 4.69) is 19.7 Å². The Balaban J connectivity index is 1.69. The maximum atomic E-state index is 13.9. The van der Waals surface area contributed by atoms with Gasteiger partial charge in [0.1, 0.15) is 29.6 Å². The normalized spacial score (nSPS) is 11.3. The Labute approximate surface area is 191 Å². The SMILES string of the molecule is COC(=O)c1cccc(COc2ccc(-c3cc4c(ncn4C)c(C#N)n3)cc2C(F)(F)F)n1. The summed E-state index contributed by atoms with van der Waals surface area (Å²) in [6.45, 7) is -0.301. The molecular formula is C23H16F3N5O3. The fourth-order valence-electron chi connectivity index (χ4n) is 3.32. The van der Waals surface area contributed by atoms with Gasteiger partial charge < -0.3 is 14.0 Å². The fourth-order valence-corrected chi connectivity index (χ4v) is 3.32. The first kappa shape index (κ1) is 22.7. The number of fused-ring (bicyclic) bond motifs is 1. The molecule has 34 heavy (non-hydrogen) atoms. The quantitative estimate of drug-likeness (QED) is 0.404. The molecule has 0 saturated heterocycles. The van der Waals surface area contributed by atoms with Gasteiger partial charge in [-0.1, -0.05) is 6.07 Å². The van der Waals surface area contributed by atoms with Crippen LogP contribution in [0.15, 0.2) is 48.8 Å². The van der Waals surface area contributed by atoms with Gasteiger partial charge in [-0.2, -0.15) is 18.4 Å². The molecule has 0 fully saturated rings. The molecular weight excluding hydrogens is 451 g/mol. The minimum Gasteiger partial charge on any atom is -0.487 e. The number of methoxy groups -OCH3 is 1. The predicted octanol–water partition coefficient (Wildman–Crippen LogP) is 4.29. The summed E-state index contributed by atoms with van der Waals surface area (Å²) < 4.78 is 53.2. The Morgan fingerprint density at radius 3 is 2.68 bits per heavy atom. The van der Waals surface area contributed by atoms with Crippen LogP contribution >= 0.6 is 0 Å². The van der Waals surface area contributed by atoms with Crippen molar-refractivity contribution >= 4 is 17.0 Å². The molecule has 172 valence electrons. The van der Waals surface area contributed by atoms with E-state index >= 15 is 0 Å². The standard InChI is InChI=1S/C23H16F3N5O3/c1-31-12-28-21-18(10-27)30-17(9-19(21)31)13-6-7-20(15(8-13)23(24,25)26)34-11-14-4-3-5-16(29-14)22(32)33-2/h3-9,12H,11H2,1-2H3. The number of ether oxygens (including phenoxy) is 2. The van der Waals surface area contributed by atoms with Crippen molar-refractivity contribution in [3.05, 3.63) is 71.4 Å². The molecule has 0 aliphatic heterocycles. The molecule has 0 atom stereocenters. The zero-order valence-corrected chi connectivity index (χ0v) is 17.9.